The lowest BCUT2D eigenvalue weighted by atomic mass is 9.94. The van der Waals surface area contributed by atoms with E-state index in [1.54, 1.807) is 0 Å². The molecule has 3 nitrogen and oxygen atoms in total. The van der Waals surface area contributed by atoms with Crippen molar-refractivity contribution in [2.75, 3.05) is 6.61 Å². The molecule has 1 aromatic carbocycles. The fraction of sp³-hybridized carbons (Fsp3) is 0.278. The maximum absolute atomic E-state index is 13.6. The van der Waals surface area contributed by atoms with Gasteiger partial charge in [0.1, 0.15) is 35.5 Å². The molecule has 0 unspecified atom stereocenters. The molecule has 2 aliphatic rings. The smallest absolute Gasteiger partial charge is 0.441 e. The number of halogens is 7. The van der Waals surface area contributed by atoms with Crippen molar-refractivity contribution < 1.29 is 40.2 Å². The summed E-state index contributed by atoms with van der Waals surface area (Å²) in [7, 11) is 0. The summed E-state index contributed by atoms with van der Waals surface area (Å²) in [6, 6.07) is 5.10. The molecular formula is C18H10F7NO2. The minimum Gasteiger partial charge on any atom is -0.490 e. The second kappa shape index (κ2) is 5.62. The Labute approximate surface area is 153 Å². The monoisotopic (exact) mass is 405 g/mol. The molecule has 0 bridgehead atoms. The van der Waals surface area contributed by atoms with E-state index in [2.05, 4.69) is 16.3 Å². The number of alkyl halides is 6. The zero-order valence-electron chi connectivity index (χ0n) is 13.8. The van der Waals surface area contributed by atoms with Gasteiger partial charge in [0.25, 0.3) is 0 Å². The van der Waals surface area contributed by atoms with Crippen LogP contribution in [0.25, 0.3) is 11.3 Å². The maximum Gasteiger partial charge on any atom is 0.441 e. The van der Waals surface area contributed by atoms with Crippen LogP contribution in [0.1, 0.15) is 17.2 Å². The van der Waals surface area contributed by atoms with Crippen LogP contribution in [0, 0.1) is 5.82 Å². The molecule has 3 heterocycles. The van der Waals surface area contributed by atoms with E-state index in [-0.39, 0.29) is 17.0 Å². The first-order chi connectivity index (χ1) is 12.9. The summed E-state index contributed by atoms with van der Waals surface area (Å²) in [4.78, 5) is 3.89. The van der Waals surface area contributed by atoms with Crippen LogP contribution in [-0.4, -0.2) is 23.9 Å². The van der Waals surface area contributed by atoms with Gasteiger partial charge in [-0.1, -0.05) is 6.58 Å². The Bertz CT molecular complexity index is 966. The third kappa shape index (κ3) is 2.61. The first-order valence-electron chi connectivity index (χ1n) is 7.91. The molecule has 1 fully saturated rings. The summed E-state index contributed by atoms with van der Waals surface area (Å²) in [5.41, 5.74) is -4.39. The normalized spacial score (nSPS) is 23.8. The number of rotatable bonds is 2. The van der Waals surface area contributed by atoms with Gasteiger partial charge >= 0.3 is 18.0 Å². The summed E-state index contributed by atoms with van der Waals surface area (Å²) >= 11 is 0. The molecule has 1 aromatic heterocycles. The molecule has 148 valence electrons. The lowest BCUT2D eigenvalue weighted by molar-refractivity contribution is -0.187. The quantitative estimate of drug-likeness (QED) is 0.507. The highest BCUT2D eigenvalue weighted by Gasteiger charge is 2.73. The molecule has 10 heteroatoms. The third-order valence-corrected chi connectivity index (χ3v) is 4.67. The largest absolute Gasteiger partial charge is 0.490 e. The molecule has 1 saturated heterocycles. The SMILES string of the molecule is C=C1O[C@@]1(c1cc2c(c(-c3ccc(F)cc3)n1)OC[C@H]2C(F)(F)F)C(F)(F)F. The minimum absolute atomic E-state index is 0.103. The summed E-state index contributed by atoms with van der Waals surface area (Å²) in [6.45, 7) is 2.36. The van der Waals surface area contributed by atoms with Crippen molar-refractivity contribution in [2.24, 2.45) is 0 Å². The van der Waals surface area contributed by atoms with Crippen LogP contribution in [0.2, 0.25) is 0 Å². The fourth-order valence-corrected chi connectivity index (χ4v) is 3.19. The van der Waals surface area contributed by atoms with Crippen LogP contribution in [-0.2, 0) is 10.3 Å². The van der Waals surface area contributed by atoms with Gasteiger partial charge < -0.3 is 9.47 Å². The van der Waals surface area contributed by atoms with Crippen LogP contribution < -0.4 is 4.74 Å². The number of fused-ring (bicyclic) bond motifs is 1. The second-order valence-electron chi connectivity index (χ2n) is 6.39. The standard InChI is InChI=1S/C18H10F7NO2/c1-8-16(28-8,18(23,24)25)13-6-11-12(17(20,21)22)7-27-15(11)14(26-13)9-2-4-10(19)5-3-9/h2-6,12H,1,7H2/t12-,16+/m1/s1. The van der Waals surface area contributed by atoms with E-state index in [9.17, 15) is 30.7 Å². The lowest BCUT2D eigenvalue weighted by Crippen LogP contribution is -2.31. The summed E-state index contributed by atoms with van der Waals surface area (Å²) in [5.74, 6) is -3.71. The van der Waals surface area contributed by atoms with Crippen LogP contribution >= 0.6 is 0 Å². The van der Waals surface area contributed by atoms with E-state index in [4.69, 9.17) is 4.74 Å². The van der Waals surface area contributed by atoms with Crippen LogP contribution in [0.15, 0.2) is 42.7 Å². The van der Waals surface area contributed by atoms with Crippen molar-refractivity contribution in [3.05, 3.63) is 59.7 Å². The van der Waals surface area contributed by atoms with Crippen molar-refractivity contribution in [1.82, 2.24) is 4.98 Å². The zero-order chi connectivity index (χ0) is 20.5. The highest BCUT2D eigenvalue weighted by atomic mass is 19.4. The summed E-state index contributed by atoms with van der Waals surface area (Å²) in [6.07, 6.45) is -9.71. The summed E-state index contributed by atoms with van der Waals surface area (Å²) in [5, 5.41) is 0. The zero-order valence-corrected chi connectivity index (χ0v) is 13.8. The predicted octanol–water partition coefficient (Wildman–Crippen LogP) is 5.23. The number of pyridine rings is 1. The summed E-state index contributed by atoms with van der Waals surface area (Å²) < 4.78 is 104. The van der Waals surface area contributed by atoms with Gasteiger partial charge in [-0.05, 0) is 30.3 Å². The number of hydrogen-bond donors (Lipinski definition) is 0. The number of benzene rings is 1. The van der Waals surface area contributed by atoms with Gasteiger partial charge in [0.15, 0.2) is 5.76 Å². The topological polar surface area (TPSA) is 34.7 Å². The maximum atomic E-state index is 13.6. The number of epoxide rings is 1. The van der Waals surface area contributed by atoms with Gasteiger partial charge in [0, 0.05) is 11.1 Å². The molecule has 0 amide bonds. The number of hydrogen-bond acceptors (Lipinski definition) is 3. The predicted molar refractivity (Wildman–Crippen MR) is 81.9 cm³/mol. The van der Waals surface area contributed by atoms with Crippen molar-refractivity contribution in [1.29, 1.82) is 0 Å². The Morgan fingerprint density at radius 1 is 1.07 bits per heavy atom. The van der Waals surface area contributed by atoms with Crippen LogP contribution in [0.4, 0.5) is 30.7 Å². The molecular weight excluding hydrogens is 395 g/mol. The number of aromatic nitrogens is 1. The molecule has 0 spiro atoms. The number of nitrogens with zero attached hydrogens (tertiary/aromatic N) is 1. The van der Waals surface area contributed by atoms with Gasteiger partial charge in [-0.15, -0.1) is 0 Å². The number of ether oxygens (including phenoxy) is 2. The van der Waals surface area contributed by atoms with Gasteiger partial charge in [0.2, 0.25) is 0 Å². The molecule has 0 radical (unpaired) electrons. The highest BCUT2D eigenvalue weighted by molar-refractivity contribution is 5.70. The van der Waals surface area contributed by atoms with Crippen molar-refractivity contribution >= 4 is 0 Å². The fourth-order valence-electron chi connectivity index (χ4n) is 3.19. The lowest BCUT2D eigenvalue weighted by Gasteiger charge is -2.18. The molecule has 4 rings (SSSR count). The second-order valence-corrected chi connectivity index (χ2v) is 6.39. The first-order valence-corrected chi connectivity index (χ1v) is 7.91. The third-order valence-electron chi connectivity index (χ3n) is 4.67. The molecule has 0 N–H and O–H groups in total. The highest BCUT2D eigenvalue weighted by Crippen LogP contribution is 2.60. The van der Waals surface area contributed by atoms with Crippen LogP contribution in [0.5, 0.6) is 5.75 Å². The van der Waals surface area contributed by atoms with Crippen molar-refractivity contribution in [3.63, 3.8) is 0 Å². The van der Waals surface area contributed by atoms with Gasteiger partial charge in [-0.3, -0.25) is 0 Å². The molecule has 2 aromatic rings. The van der Waals surface area contributed by atoms with Crippen molar-refractivity contribution in [2.45, 2.75) is 23.9 Å². The Kier molecular flexibility index (Phi) is 3.73. The first kappa shape index (κ1) is 18.6. The molecule has 0 aliphatic carbocycles. The van der Waals surface area contributed by atoms with E-state index in [0.717, 1.165) is 12.1 Å². The van der Waals surface area contributed by atoms with Crippen LogP contribution in [0.3, 0.4) is 0 Å². The van der Waals surface area contributed by atoms with Gasteiger partial charge in [0.05, 0.1) is 0 Å². The minimum atomic E-state index is -4.97. The van der Waals surface area contributed by atoms with Crippen molar-refractivity contribution in [3.8, 4) is 17.0 Å². The Hall–Kier alpha value is -2.78. The van der Waals surface area contributed by atoms with E-state index in [1.165, 1.54) is 12.1 Å². The van der Waals surface area contributed by atoms with E-state index in [0.29, 0.717) is 6.07 Å². The van der Waals surface area contributed by atoms with E-state index >= 15 is 0 Å². The van der Waals surface area contributed by atoms with E-state index in [1.807, 2.05) is 0 Å². The van der Waals surface area contributed by atoms with E-state index < -0.39 is 53.3 Å². The van der Waals surface area contributed by atoms with Gasteiger partial charge in [-0.2, -0.15) is 26.3 Å². The average Bonchev–Trinajstić information content (AvgIpc) is 3.10. The molecule has 28 heavy (non-hydrogen) atoms. The Balaban J connectivity index is 1.96. The average molecular weight is 405 g/mol. The molecule has 0 saturated carbocycles. The molecule has 2 aliphatic heterocycles. The Morgan fingerprint density at radius 3 is 2.18 bits per heavy atom. The molecule has 2 atom stereocenters. The Morgan fingerprint density at radius 2 is 1.68 bits per heavy atom. The van der Waals surface area contributed by atoms with Gasteiger partial charge in [-0.25, -0.2) is 9.37 Å².